The SMILES string of the molecule is O=C(Nc1cccc(S(=O)(=O)NC2=NCCCCC2)c1)c1nn(CCO)c(=O)c2ccccc12. The Labute approximate surface area is 196 Å². The number of aromatic nitrogens is 2. The lowest BCUT2D eigenvalue weighted by molar-refractivity contribution is 0.102. The number of amidine groups is 1. The maximum Gasteiger partial charge on any atom is 0.276 e. The molecule has 2 heterocycles. The predicted molar refractivity (Wildman–Crippen MR) is 129 cm³/mol. The molecule has 0 aliphatic carbocycles. The molecular formula is C23H25N5O5S. The van der Waals surface area contributed by atoms with Crippen molar-refractivity contribution in [2.45, 2.75) is 37.1 Å². The van der Waals surface area contributed by atoms with Crippen molar-refractivity contribution in [2.75, 3.05) is 18.5 Å². The Morgan fingerprint density at radius 1 is 1.06 bits per heavy atom. The molecule has 34 heavy (non-hydrogen) atoms. The van der Waals surface area contributed by atoms with Crippen molar-refractivity contribution < 1.29 is 18.3 Å². The normalized spacial score (nSPS) is 14.3. The molecule has 0 unspecified atom stereocenters. The van der Waals surface area contributed by atoms with E-state index in [1.807, 2.05) is 0 Å². The highest BCUT2D eigenvalue weighted by molar-refractivity contribution is 7.90. The van der Waals surface area contributed by atoms with Gasteiger partial charge >= 0.3 is 0 Å². The Morgan fingerprint density at radius 3 is 2.65 bits per heavy atom. The zero-order valence-corrected chi connectivity index (χ0v) is 19.2. The minimum atomic E-state index is -3.87. The van der Waals surface area contributed by atoms with Gasteiger partial charge in [0.25, 0.3) is 21.5 Å². The molecule has 0 bridgehead atoms. The van der Waals surface area contributed by atoms with E-state index in [-0.39, 0.29) is 29.4 Å². The van der Waals surface area contributed by atoms with Gasteiger partial charge < -0.3 is 10.4 Å². The van der Waals surface area contributed by atoms with E-state index < -0.39 is 21.5 Å². The number of fused-ring (bicyclic) bond motifs is 1. The number of anilines is 1. The van der Waals surface area contributed by atoms with Crippen LogP contribution in [-0.2, 0) is 16.6 Å². The van der Waals surface area contributed by atoms with Gasteiger partial charge in [-0.05, 0) is 37.1 Å². The summed E-state index contributed by atoms with van der Waals surface area (Å²) >= 11 is 0. The summed E-state index contributed by atoms with van der Waals surface area (Å²) in [6.07, 6.45) is 3.38. The first-order chi connectivity index (χ1) is 16.4. The van der Waals surface area contributed by atoms with Gasteiger partial charge in [0.05, 0.1) is 23.4 Å². The standard InChI is InChI=1S/C23H25N5O5S/c29-14-13-28-23(31)19-10-4-3-9-18(19)21(26-28)22(30)25-16-7-6-8-17(15-16)34(32,33)27-20-11-2-1-5-12-24-20/h3-4,6-10,15,29H,1-2,5,11-14H2,(H,24,27)(H,25,30). The van der Waals surface area contributed by atoms with E-state index >= 15 is 0 Å². The number of hydrogen-bond acceptors (Lipinski definition) is 7. The lowest BCUT2D eigenvalue weighted by Crippen LogP contribution is -2.30. The lowest BCUT2D eigenvalue weighted by Gasteiger charge is -2.12. The summed E-state index contributed by atoms with van der Waals surface area (Å²) in [6, 6.07) is 12.4. The third kappa shape index (κ3) is 5.15. The van der Waals surface area contributed by atoms with Crippen molar-refractivity contribution in [1.29, 1.82) is 0 Å². The molecule has 0 spiro atoms. The number of amides is 1. The summed E-state index contributed by atoms with van der Waals surface area (Å²) in [5.74, 6) is -0.174. The Bertz CT molecular complexity index is 1410. The monoisotopic (exact) mass is 483 g/mol. The molecule has 0 saturated heterocycles. The quantitative estimate of drug-likeness (QED) is 0.489. The van der Waals surface area contributed by atoms with Gasteiger partial charge in [-0.1, -0.05) is 30.7 Å². The van der Waals surface area contributed by atoms with E-state index in [2.05, 4.69) is 20.1 Å². The van der Waals surface area contributed by atoms with Crippen molar-refractivity contribution in [3.05, 3.63) is 64.6 Å². The summed E-state index contributed by atoms with van der Waals surface area (Å²) in [5, 5.41) is 16.7. The second kappa shape index (κ2) is 10.1. The molecule has 3 N–H and O–H groups in total. The maximum absolute atomic E-state index is 13.1. The Balaban J connectivity index is 1.62. The number of aliphatic hydroxyl groups is 1. The van der Waals surface area contributed by atoms with Crippen molar-refractivity contribution in [3.8, 4) is 0 Å². The van der Waals surface area contributed by atoms with Crippen molar-refractivity contribution in [2.24, 2.45) is 4.99 Å². The minimum absolute atomic E-state index is 0.0113. The first kappa shape index (κ1) is 23.6. The van der Waals surface area contributed by atoms with Crippen LogP contribution in [0.3, 0.4) is 0 Å². The molecule has 11 heteroatoms. The third-order valence-electron chi connectivity index (χ3n) is 5.42. The van der Waals surface area contributed by atoms with Gasteiger partial charge in [0.1, 0.15) is 5.84 Å². The summed E-state index contributed by atoms with van der Waals surface area (Å²) < 4.78 is 29.3. The van der Waals surface area contributed by atoms with Crippen LogP contribution in [0.25, 0.3) is 10.8 Å². The smallest absolute Gasteiger partial charge is 0.276 e. The number of aliphatic hydroxyl groups excluding tert-OH is 1. The largest absolute Gasteiger partial charge is 0.394 e. The van der Waals surface area contributed by atoms with Crippen LogP contribution in [0, 0.1) is 0 Å². The number of benzene rings is 2. The molecule has 10 nitrogen and oxygen atoms in total. The van der Waals surface area contributed by atoms with Gasteiger partial charge in [0.2, 0.25) is 0 Å². The van der Waals surface area contributed by atoms with Crippen LogP contribution < -0.4 is 15.6 Å². The number of carbonyl (C=O) groups excluding carboxylic acids is 1. The second-order valence-corrected chi connectivity index (χ2v) is 9.56. The number of nitrogens with one attached hydrogen (secondary N) is 2. The molecule has 1 aliphatic rings. The molecule has 0 atom stereocenters. The fourth-order valence-corrected chi connectivity index (χ4v) is 4.89. The van der Waals surface area contributed by atoms with Crippen LogP contribution in [-0.4, -0.2) is 48.2 Å². The number of nitrogens with zero attached hydrogens (tertiary/aromatic N) is 3. The fourth-order valence-electron chi connectivity index (χ4n) is 3.75. The van der Waals surface area contributed by atoms with E-state index in [1.54, 1.807) is 30.3 Å². The molecule has 3 aromatic rings. The second-order valence-electron chi connectivity index (χ2n) is 7.87. The van der Waals surface area contributed by atoms with Crippen LogP contribution in [0.15, 0.2) is 63.2 Å². The molecule has 0 radical (unpaired) electrons. The average molecular weight is 484 g/mol. The lowest BCUT2D eigenvalue weighted by atomic mass is 10.1. The number of aliphatic imine (C=N–C) groups is 1. The number of hydrogen-bond donors (Lipinski definition) is 3. The highest BCUT2D eigenvalue weighted by Crippen LogP contribution is 2.19. The van der Waals surface area contributed by atoms with Crippen molar-refractivity contribution in [3.63, 3.8) is 0 Å². The van der Waals surface area contributed by atoms with Gasteiger partial charge in [0, 0.05) is 24.0 Å². The van der Waals surface area contributed by atoms with E-state index in [0.717, 1.165) is 23.9 Å². The van der Waals surface area contributed by atoms with E-state index in [1.165, 1.54) is 18.2 Å². The van der Waals surface area contributed by atoms with Crippen LogP contribution in [0.4, 0.5) is 5.69 Å². The van der Waals surface area contributed by atoms with Crippen molar-refractivity contribution in [1.82, 2.24) is 14.5 Å². The molecule has 178 valence electrons. The zero-order chi connectivity index (χ0) is 24.1. The molecular weight excluding hydrogens is 458 g/mol. The van der Waals surface area contributed by atoms with Crippen molar-refractivity contribution >= 4 is 38.2 Å². The number of carbonyl (C=O) groups is 1. The minimum Gasteiger partial charge on any atom is -0.394 e. The molecule has 1 aliphatic heterocycles. The van der Waals surface area contributed by atoms with Gasteiger partial charge in [-0.3, -0.25) is 19.3 Å². The molecule has 4 rings (SSSR count). The van der Waals surface area contributed by atoms with Gasteiger partial charge in [-0.25, -0.2) is 13.1 Å². The molecule has 0 fully saturated rings. The Morgan fingerprint density at radius 2 is 1.85 bits per heavy atom. The summed E-state index contributed by atoms with van der Waals surface area (Å²) in [4.78, 5) is 29.9. The molecule has 1 amide bonds. The number of sulfonamides is 1. The van der Waals surface area contributed by atoms with E-state index in [4.69, 9.17) is 0 Å². The first-order valence-corrected chi connectivity index (χ1v) is 12.5. The van der Waals surface area contributed by atoms with Gasteiger partial charge in [-0.15, -0.1) is 0 Å². The number of rotatable bonds is 6. The molecule has 1 aromatic heterocycles. The summed E-state index contributed by atoms with van der Waals surface area (Å²) in [7, 11) is -3.87. The third-order valence-corrected chi connectivity index (χ3v) is 6.80. The fraction of sp³-hybridized carbons (Fsp3) is 0.304. The van der Waals surface area contributed by atoms with Gasteiger partial charge in [-0.2, -0.15) is 5.10 Å². The maximum atomic E-state index is 13.1. The average Bonchev–Trinajstić information content (AvgIpc) is 3.09. The Kier molecular flexibility index (Phi) is 7.03. The molecule has 2 aromatic carbocycles. The van der Waals surface area contributed by atoms with Crippen LogP contribution in [0.5, 0.6) is 0 Å². The van der Waals surface area contributed by atoms with Crippen LogP contribution in [0.2, 0.25) is 0 Å². The highest BCUT2D eigenvalue weighted by Gasteiger charge is 2.20. The van der Waals surface area contributed by atoms with Crippen LogP contribution >= 0.6 is 0 Å². The van der Waals surface area contributed by atoms with E-state index in [9.17, 15) is 23.1 Å². The zero-order valence-electron chi connectivity index (χ0n) is 18.4. The topological polar surface area (TPSA) is 143 Å². The highest BCUT2D eigenvalue weighted by atomic mass is 32.2. The molecule has 0 saturated carbocycles. The summed E-state index contributed by atoms with van der Waals surface area (Å²) in [6.45, 7) is 0.213. The first-order valence-electron chi connectivity index (χ1n) is 11.0. The summed E-state index contributed by atoms with van der Waals surface area (Å²) in [5.41, 5.74) is -0.175. The Hall–Kier alpha value is -3.57. The van der Waals surface area contributed by atoms with Gasteiger partial charge in [0.15, 0.2) is 5.69 Å². The predicted octanol–water partition coefficient (Wildman–Crippen LogP) is 1.89. The van der Waals surface area contributed by atoms with Crippen LogP contribution in [0.1, 0.15) is 36.2 Å². The van der Waals surface area contributed by atoms with E-state index in [0.29, 0.717) is 29.6 Å².